The normalized spacial score (nSPS) is 12.5. The summed E-state index contributed by atoms with van der Waals surface area (Å²) in [5.41, 5.74) is 0.519. The summed E-state index contributed by atoms with van der Waals surface area (Å²) in [5, 5.41) is 3.20. The zero-order valence-electron chi connectivity index (χ0n) is 9.63. The zero-order chi connectivity index (χ0) is 12.4. The Morgan fingerprint density at radius 3 is 2.65 bits per heavy atom. The van der Waals surface area contributed by atoms with E-state index in [0.29, 0.717) is 5.69 Å². The highest BCUT2D eigenvalue weighted by Crippen LogP contribution is 2.31. The highest BCUT2D eigenvalue weighted by atomic mass is 79.9. The molecule has 0 fully saturated rings. The van der Waals surface area contributed by atoms with Crippen LogP contribution in [-0.4, -0.2) is 0 Å². The smallest absolute Gasteiger partial charge is 0.147 e. The van der Waals surface area contributed by atoms with Gasteiger partial charge in [0.2, 0.25) is 0 Å². The second-order valence-corrected chi connectivity index (χ2v) is 6.08. The fraction of sp³-hybridized carbons (Fsp3) is 0.231. The number of hydrogen-bond donors (Lipinski definition) is 1. The number of aryl methyl sites for hydroxylation is 1. The maximum Gasteiger partial charge on any atom is 0.147 e. The van der Waals surface area contributed by atoms with E-state index in [0.717, 1.165) is 4.47 Å². The average molecular weight is 314 g/mol. The Labute approximate surface area is 113 Å². The van der Waals surface area contributed by atoms with E-state index in [1.165, 1.54) is 15.8 Å². The van der Waals surface area contributed by atoms with Gasteiger partial charge in [-0.05, 0) is 54.0 Å². The number of anilines is 1. The van der Waals surface area contributed by atoms with Crippen LogP contribution < -0.4 is 5.32 Å². The molecule has 0 aliphatic heterocycles. The lowest BCUT2D eigenvalue weighted by molar-refractivity contribution is 0.627. The van der Waals surface area contributed by atoms with Crippen LogP contribution in [-0.2, 0) is 0 Å². The molecule has 0 spiro atoms. The highest BCUT2D eigenvalue weighted by Gasteiger charge is 2.12. The largest absolute Gasteiger partial charge is 0.374 e. The fourth-order valence-electron chi connectivity index (χ4n) is 1.61. The summed E-state index contributed by atoms with van der Waals surface area (Å²) < 4.78 is 14.4. The van der Waals surface area contributed by atoms with E-state index in [-0.39, 0.29) is 11.9 Å². The second kappa shape index (κ2) is 5.19. The van der Waals surface area contributed by atoms with Gasteiger partial charge in [0.25, 0.3) is 0 Å². The Bertz CT molecular complexity index is 504. The summed E-state index contributed by atoms with van der Waals surface area (Å²) in [5.74, 6) is -0.237. The first-order valence-electron chi connectivity index (χ1n) is 5.35. The molecule has 0 saturated carbocycles. The van der Waals surface area contributed by atoms with Crippen molar-refractivity contribution >= 4 is 33.0 Å². The zero-order valence-corrected chi connectivity index (χ0v) is 12.0. The standard InChI is InChI=1S/C13H13BrFNS/c1-8-6-7-12(17-8)9(2)16-13-10(14)4-3-5-11(13)15/h3-7,9,16H,1-2H3. The van der Waals surface area contributed by atoms with Gasteiger partial charge in [-0.25, -0.2) is 4.39 Å². The summed E-state index contributed by atoms with van der Waals surface area (Å²) in [6.45, 7) is 4.10. The van der Waals surface area contributed by atoms with Crippen LogP contribution in [0.2, 0.25) is 0 Å². The first-order chi connectivity index (χ1) is 8.08. The number of thiophene rings is 1. The number of halogens is 2. The highest BCUT2D eigenvalue weighted by molar-refractivity contribution is 9.10. The third kappa shape index (κ3) is 2.87. The minimum atomic E-state index is -0.237. The van der Waals surface area contributed by atoms with Gasteiger partial charge >= 0.3 is 0 Å². The molecule has 0 saturated heterocycles. The number of rotatable bonds is 3. The van der Waals surface area contributed by atoms with Crippen molar-refractivity contribution in [3.63, 3.8) is 0 Å². The predicted molar refractivity (Wildman–Crippen MR) is 75.2 cm³/mol. The summed E-state index contributed by atoms with van der Waals surface area (Å²) in [6.07, 6.45) is 0. The van der Waals surface area contributed by atoms with Crippen LogP contribution in [0.25, 0.3) is 0 Å². The Morgan fingerprint density at radius 2 is 2.06 bits per heavy atom. The van der Waals surface area contributed by atoms with Crippen molar-refractivity contribution in [2.45, 2.75) is 19.9 Å². The van der Waals surface area contributed by atoms with Crippen molar-refractivity contribution in [2.75, 3.05) is 5.32 Å². The third-order valence-electron chi connectivity index (χ3n) is 2.51. The molecule has 0 bridgehead atoms. The number of benzene rings is 1. The quantitative estimate of drug-likeness (QED) is 0.828. The van der Waals surface area contributed by atoms with Gasteiger partial charge in [0.1, 0.15) is 5.82 Å². The van der Waals surface area contributed by atoms with Crippen LogP contribution in [0.15, 0.2) is 34.8 Å². The topological polar surface area (TPSA) is 12.0 Å². The number of para-hydroxylation sites is 1. The van der Waals surface area contributed by atoms with E-state index in [1.807, 2.05) is 13.0 Å². The molecule has 0 aliphatic rings. The van der Waals surface area contributed by atoms with Gasteiger partial charge in [-0.2, -0.15) is 0 Å². The molecule has 1 aromatic carbocycles. The Kier molecular flexibility index (Phi) is 3.84. The Balaban J connectivity index is 2.21. The van der Waals surface area contributed by atoms with Gasteiger partial charge in [-0.1, -0.05) is 6.07 Å². The van der Waals surface area contributed by atoms with Gasteiger partial charge in [-0.15, -0.1) is 11.3 Å². The molecule has 1 heterocycles. The second-order valence-electron chi connectivity index (χ2n) is 3.91. The first kappa shape index (κ1) is 12.6. The van der Waals surface area contributed by atoms with Gasteiger partial charge in [0, 0.05) is 14.2 Å². The van der Waals surface area contributed by atoms with E-state index in [4.69, 9.17) is 0 Å². The van der Waals surface area contributed by atoms with E-state index in [9.17, 15) is 4.39 Å². The molecule has 0 amide bonds. The van der Waals surface area contributed by atoms with Crippen LogP contribution in [0.5, 0.6) is 0 Å². The van der Waals surface area contributed by atoms with Crippen LogP contribution in [0, 0.1) is 12.7 Å². The first-order valence-corrected chi connectivity index (χ1v) is 6.96. The van der Waals surface area contributed by atoms with Crippen molar-refractivity contribution in [3.05, 3.63) is 50.4 Å². The molecule has 1 aromatic heterocycles. The minimum Gasteiger partial charge on any atom is -0.374 e. The lowest BCUT2D eigenvalue weighted by Gasteiger charge is -2.15. The van der Waals surface area contributed by atoms with Crippen LogP contribution in [0.4, 0.5) is 10.1 Å². The molecule has 1 atom stereocenters. The molecule has 1 unspecified atom stereocenters. The predicted octanol–water partition coefficient (Wildman–Crippen LogP) is 5.13. The Morgan fingerprint density at radius 1 is 1.29 bits per heavy atom. The molecule has 2 aromatic rings. The van der Waals surface area contributed by atoms with Gasteiger partial charge < -0.3 is 5.32 Å². The maximum atomic E-state index is 13.6. The molecule has 2 rings (SSSR count). The molecule has 4 heteroatoms. The summed E-state index contributed by atoms with van der Waals surface area (Å²) in [7, 11) is 0. The molecule has 1 nitrogen and oxygen atoms in total. The van der Waals surface area contributed by atoms with Gasteiger partial charge in [-0.3, -0.25) is 0 Å². The summed E-state index contributed by atoms with van der Waals surface area (Å²) >= 11 is 5.08. The van der Waals surface area contributed by atoms with Crippen molar-refractivity contribution in [3.8, 4) is 0 Å². The molecule has 17 heavy (non-hydrogen) atoms. The van der Waals surface area contributed by atoms with E-state index < -0.39 is 0 Å². The van der Waals surface area contributed by atoms with Crippen LogP contribution in [0.1, 0.15) is 22.7 Å². The monoisotopic (exact) mass is 313 g/mol. The lowest BCUT2D eigenvalue weighted by atomic mass is 10.2. The maximum absolute atomic E-state index is 13.6. The number of nitrogens with one attached hydrogen (secondary N) is 1. The van der Waals surface area contributed by atoms with Crippen LogP contribution in [0.3, 0.4) is 0 Å². The number of hydrogen-bond acceptors (Lipinski definition) is 2. The van der Waals surface area contributed by atoms with E-state index in [2.05, 4.69) is 40.3 Å². The molecular formula is C13H13BrFNS. The van der Waals surface area contributed by atoms with Crippen molar-refractivity contribution in [2.24, 2.45) is 0 Å². The van der Waals surface area contributed by atoms with Crippen LogP contribution >= 0.6 is 27.3 Å². The summed E-state index contributed by atoms with van der Waals surface area (Å²) in [4.78, 5) is 2.47. The third-order valence-corrected chi connectivity index (χ3v) is 4.36. The molecule has 1 N–H and O–H groups in total. The van der Waals surface area contributed by atoms with E-state index >= 15 is 0 Å². The molecular weight excluding hydrogens is 301 g/mol. The molecule has 0 aliphatic carbocycles. The van der Waals surface area contributed by atoms with Gasteiger partial charge in [0.15, 0.2) is 0 Å². The van der Waals surface area contributed by atoms with E-state index in [1.54, 1.807) is 17.4 Å². The average Bonchev–Trinajstić information content (AvgIpc) is 2.70. The van der Waals surface area contributed by atoms with Crippen molar-refractivity contribution in [1.82, 2.24) is 0 Å². The fourth-order valence-corrected chi connectivity index (χ4v) is 2.95. The van der Waals surface area contributed by atoms with Crippen molar-refractivity contribution < 1.29 is 4.39 Å². The summed E-state index contributed by atoms with van der Waals surface area (Å²) in [6, 6.07) is 9.23. The lowest BCUT2D eigenvalue weighted by Crippen LogP contribution is -2.06. The minimum absolute atomic E-state index is 0.0990. The molecule has 0 radical (unpaired) electrons. The SMILES string of the molecule is Cc1ccc(C(C)Nc2c(F)cccc2Br)s1. The van der Waals surface area contributed by atoms with Gasteiger partial charge in [0.05, 0.1) is 11.7 Å². The Hall–Kier alpha value is -0.870. The molecule has 90 valence electrons. The van der Waals surface area contributed by atoms with Crippen molar-refractivity contribution in [1.29, 1.82) is 0 Å².